The summed E-state index contributed by atoms with van der Waals surface area (Å²) in [5.41, 5.74) is 1.28. The van der Waals surface area contributed by atoms with Crippen molar-refractivity contribution in [3.63, 3.8) is 0 Å². The third kappa shape index (κ3) is 4.26. The summed E-state index contributed by atoms with van der Waals surface area (Å²) < 4.78 is 5.16. The Morgan fingerprint density at radius 2 is 1.88 bits per heavy atom. The zero-order chi connectivity index (χ0) is 18.5. The van der Waals surface area contributed by atoms with E-state index in [1.54, 1.807) is 60.5 Å². The molecule has 1 fully saturated rings. The van der Waals surface area contributed by atoms with E-state index in [1.165, 1.54) is 0 Å². The fourth-order valence-corrected chi connectivity index (χ4v) is 3.06. The predicted octanol–water partition coefficient (Wildman–Crippen LogP) is 3.98. The third-order valence-electron chi connectivity index (χ3n) is 4.25. The Hall–Kier alpha value is -2.73. The molecule has 136 valence electrons. The number of carbonyl (C=O) groups is 2. The summed E-state index contributed by atoms with van der Waals surface area (Å²) in [5, 5.41) is 6.26. The molecule has 1 saturated heterocycles. The number of rotatable bonds is 4. The van der Waals surface area contributed by atoms with Crippen LogP contribution in [0.3, 0.4) is 0 Å². The number of urea groups is 1. The van der Waals surface area contributed by atoms with Gasteiger partial charge in [-0.25, -0.2) is 4.79 Å². The highest BCUT2D eigenvalue weighted by Gasteiger charge is 2.34. The van der Waals surface area contributed by atoms with Gasteiger partial charge in [-0.05, 0) is 49.2 Å². The molecule has 0 aliphatic carbocycles. The summed E-state index contributed by atoms with van der Waals surface area (Å²) in [5.74, 6) is 0.452. The Balaban J connectivity index is 1.65. The highest BCUT2D eigenvalue weighted by molar-refractivity contribution is 6.30. The lowest BCUT2D eigenvalue weighted by Gasteiger charge is -2.24. The van der Waals surface area contributed by atoms with Crippen LogP contribution in [0.4, 0.5) is 16.2 Å². The van der Waals surface area contributed by atoms with Gasteiger partial charge in [0.1, 0.15) is 11.8 Å². The molecule has 2 aromatic rings. The van der Waals surface area contributed by atoms with E-state index >= 15 is 0 Å². The van der Waals surface area contributed by atoms with Gasteiger partial charge in [-0.15, -0.1) is 0 Å². The molecule has 0 radical (unpaired) electrons. The van der Waals surface area contributed by atoms with Crippen LogP contribution in [0.25, 0.3) is 0 Å². The van der Waals surface area contributed by atoms with E-state index in [2.05, 4.69) is 10.6 Å². The number of carbonyl (C=O) groups excluding carboxylic acids is 2. The number of likely N-dealkylation sites (tertiary alicyclic amines) is 1. The number of nitrogens with zero attached hydrogens (tertiary/aromatic N) is 1. The van der Waals surface area contributed by atoms with Crippen LogP contribution < -0.4 is 15.4 Å². The van der Waals surface area contributed by atoms with Gasteiger partial charge in [0.2, 0.25) is 5.91 Å². The first-order valence-electron chi connectivity index (χ1n) is 8.35. The van der Waals surface area contributed by atoms with Gasteiger partial charge in [-0.3, -0.25) is 4.79 Å². The summed E-state index contributed by atoms with van der Waals surface area (Å²) in [6, 6.07) is 13.2. The molecule has 6 nitrogen and oxygen atoms in total. The summed E-state index contributed by atoms with van der Waals surface area (Å²) in [7, 11) is 1.57. The molecule has 2 N–H and O–H groups in total. The molecule has 1 aliphatic heterocycles. The quantitative estimate of drug-likeness (QED) is 0.851. The molecule has 7 heteroatoms. The van der Waals surface area contributed by atoms with Crippen molar-refractivity contribution < 1.29 is 14.3 Å². The summed E-state index contributed by atoms with van der Waals surface area (Å²) in [6.07, 6.45) is 1.41. The van der Waals surface area contributed by atoms with Crippen LogP contribution in [0.15, 0.2) is 48.5 Å². The number of hydrogen-bond acceptors (Lipinski definition) is 3. The number of methoxy groups -OCH3 is 1. The zero-order valence-corrected chi connectivity index (χ0v) is 15.1. The van der Waals surface area contributed by atoms with Crippen molar-refractivity contribution in [2.45, 2.75) is 18.9 Å². The van der Waals surface area contributed by atoms with E-state index in [-0.39, 0.29) is 11.9 Å². The molecular weight excluding hydrogens is 354 g/mol. The highest BCUT2D eigenvalue weighted by atomic mass is 35.5. The molecule has 2 aromatic carbocycles. The Morgan fingerprint density at radius 3 is 2.62 bits per heavy atom. The molecule has 1 heterocycles. The van der Waals surface area contributed by atoms with Gasteiger partial charge in [-0.1, -0.05) is 17.7 Å². The van der Waals surface area contributed by atoms with Crippen molar-refractivity contribution in [1.29, 1.82) is 0 Å². The summed E-state index contributed by atoms with van der Waals surface area (Å²) >= 11 is 5.85. The van der Waals surface area contributed by atoms with Crippen LogP contribution in [-0.2, 0) is 4.79 Å². The maximum Gasteiger partial charge on any atom is 0.322 e. The smallest absolute Gasteiger partial charge is 0.322 e. The molecule has 0 saturated carbocycles. The monoisotopic (exact) mass is 373 g/mol. The predicted molar refractivity (Wildman–Crippen MR) is 102 cm³/mol. The molecular formula is C19H20ClN3O3. The molecule has 1 aliphatic rings. The van der Waals surface area contributed by atoms with Crippen molar-refractivity contribution in [2.24, 2.45) is 0 Å². The second kappa shape index (κ2) is 8.10. The summed E-state index contributed by atoms with van der Waals surface area (Å²) in [4.78, 5) is 26.7. The Morgan fingerprint density at radius 1 is 1.12 bits per heavy atom. The van der Waals surface area contributed by atoms with Gasteiger partial charge in [0, 0.05) is 29.0 Å². The number of anilines is 2. The maximum atomic E-state index is 12.6. The largest absolute Gasteiger partial charge is 0.497 e. The summed E-state index contributed by atoms with van der Waals surface area (Å²) in [6.45, 7) is 0.537. The van der Waals surface area contributed by atoms with Crippen molar-refractivity contribution in [1.82, 2.24) is 4.90 Å². The Kier molecular flexibility index (Phi) is 5.63. The van der Waals surface area contributed by atoms with Crippen LogP contribution in [0.1, 0.15) is 12.8 Å². The molecule has 1 atom stereocenters. The average molecular weight is 374 g/mol. The van der Waals surface area contributed by atoms with Gasteiger partial charge in [0.15, 0.2) is 0 Å². The second-order valence-corrected chi connectivity index (χ2v) is 6.45. The van der Waals surface area contributed by atoms with Crippen LogP contribution in [0, 0.1) is 0 Å². The van der Waals surface area contributed by atoms with Crippen LogP contribution >= 0.6 is 11.6 Å². The van der Waals surface area contributed by atoms with E-state index in [4.69, 9.17) is 16.3 Å². The molecule has 1 unspecified atom stereocenters. The average Bonchev–Trinajstić information content (AvgIpc) is 3.14. The van der Waals surface area contributed by atoms with Gasteiger partial charge < -0.3 is 20.3 Å². The van der Waals surface area contributed by atoms with Gasteiger partial charge in [0.05, 0.1) is 7.11 Å². The zero-order valence-electron chi connectivity index (χ0n) is 14.4. The lowest BCUT2D eigenvalue weighted by Crippen LogP contribution is -2.45. The number of amides is 3. The van der Waals surface area contributed by atoms with Crippen molar-refractivity contribution in [2.75, 3.05) is 24.3 Å². The fraction of sp³-hybridized carbons (Fsp3) is 0.263. The number of benzene rings is 2. The second-order valence-electron chi connectivity index (χ2n) is 6.01. The minimum atomic E-state index is -0.506. The Labute approximate surface area is 157 Å². The van der Waals surface area contributed by atoms with E-state index in [1.807, 2.05) is 0 Å². The lowest BCUT2D eigenvalue weighted by molar-refractivity contribution is -0.119. The molecule has 26 heavy (non-hydrogen) atoms. The number of ether oxygens (including phenoxy) is 1. The van der Waals surface area contributed by atoms with Gasteiger partial charge in [-0.2, -0.15) is 0 Å². The van der Waals surface area contributed by atoms with E-state index in [0.29, 0.717) is 35.1 Å². The Bertz CT molecular complexity index is 795. The highest BCUT2D eigenvalue weighted by Crippen LogP contribution is 2.23. The SMILES string of the molecule is COc1cccc(NC(=O)C2CCCN2C(=O)Nc2ccc(Cl)cc2)c1. The molecule has 3 rings (SSSR count). The number of nitrogens with one attached hydrogen (secondary N) is 2. The standard InChI is InChI=1S/C19H20ClN3O3/c1-26-16-5-2-4-15(12-16)21-18(24)17-6-3-11-23(17)19(25)22-14-9-7-13(20)8-10-14/h2,4-5,7-10,12,17H,3,6,11H2,1H3,(H,21,24)(H,22,25). The molecule has 3 amide bonds. The number of halogens is 1. The van der Waals surface area contributed by atoms with E-state index in [9.17, 15) is 9.59 Å². The van der Waals surface area contributed by atoms with Crippen molar-refractivity contribution in [3.8, 4) is 5.75 Å². The van der Waals surface area contributed by atoms with Gasteiger partial charge >= 0.3 is 6.03 Å². The first-order chi connectivity index (χ1) is 12.6. The van der Waals surface area contributed by atoms with Crippen LogP contribution in [-0.4, -0.2) is 36.5 Å². The van der Waals surface area contributed by atoms with Crippen molar-refractivity contribution >= 4 is 34.9 Å². The minimum Gasteiger partial charge on any atom is -0.497 e. The topological polar surface area (TPSA) is 70.7 Å². The first-order valence-corrected chi connectivity index (χ1v) is 8.73. The number of hydrogen-bond donors (Lipinski definition) is 2. The third-order valence-corrected chi connectivity index (χ3v) is 4.50. The van der Waals surface area contributed by atoms with Crippen LogP contribution in [0.5, 0.6) is 5.75 Å². The van der Waals surface area contributed by atoms with Gasteiger partial charge in [0.25, 0.3) is 0 Å². The molecule has 0 aromatic heterocycles. The van der Waals surface area contributed by atoms with E-state index in [0.717, 1.165) is 6.42 Å². The first kappa shape index (κ1) is 18.1. The molecule has 0 bridgehead atoms. The minimum absolute atomic E-state index is 0.206. The van der Waals surface area contributed by atoms with E-state index < -0.39 is 6.04 Å². The lowest BCUT2D eigenvalue weighted by atomic mass is 10.2. The van der Waals surface area contributed by atoms with Crippen molar-refractivity contribution in [3.05, 3.63) is 53.6 Å². The fourth-order valence-electron chi connectivity index (χ4n) is 2.94. The maximum absolute atomic E-state index is 12.6. The van der Waals surface area contributed by atoms with Crippen LogP contribution in [0.2, 0.25) is 5.02 Å². The molecule has 0 spiro atoms. The normalized spacial score (nSPS) is 16.2.